The van der Waals surface area contributed by atoms with Crippen LogP contribution in [0.2, 0.25) is 0 Å². The normalized spacial score (nSPS) is 9.56. The van der Waals surface area contributed by atoms with Crippen LogP contribution in [0.15, 0.2) is 0 Å². The zero-order valence-electron chi connectivity index (χ0n) is 5.22. The predicted molar refractivity (Wildman–Crippen MR) is 48.2 cm³/mol. The van der Waals surface area contributed by atoms with E-state index in [4.69, 9.17) is 0 Å². The summed E-state index contributed by atoms with van der Waals surface area (Å²) in [5.41, 5.74) is 0. The molecule has 4 heteroatoms. The Morgan fingerprint density at radius 1 is 1.78 bits per heavy atom. The lowest BCUT2D eigenvalue weighted by molar-refractivity contribution is -0.114. The van der Waals surface area contributed by atoms with E-state index in [9.17, 15) is 4.79 Å². The van der Waals surface area contributed by atoms with Crippen LogP contribution in [0.4, 0.5) is 0 Å². The maximum absolute atomic E-state index is 10.6. The minimum atomic E-state index is 0.120. The van der Waals surface area contributed by atoms with Gasteiger partial charge in [-0.05, 0) is 0 Å². The first-order chi connectivity index (χ1) is 4.31. The van der Waals surface area contributed by atoms with Crippen molar-refractivity contribution in [1.82, 2.24) is 0 Å². The Morgan fingerprint density at radius 2 is 2.44 bits per heavy atom. The van der Waals surface area contributed by atoms with Crippen molar-refractivity contribution < 1.29 is 9.53 Å². The van der Waals surface area contributed by atoms with Crippen LogP contribution in [-0.2, 0) is 9.53 Å². The van der Waals surface area contributed by atoms with E-state index in [0.717, 1.165) is 10.2 Å². The van der Waals surface area contributed by atoms with Gasteiger partial charge in [-0.2, -0.15) is 0 Å². The number of methoxy groups -OCH3 is 1. The van der Waals surface area contributed by atoms with Gasteiger partial charge >= 0.3 is 0 Å². The van der Waals surface area contributed by atoms with Gasteiger partial charge in [-0.25, -0.2) is 0 Å². The van der Waals surface area contributed by atoms with Crippen LogP contribution in [-0.4, -0.2) is 29.0 Å². The van der Waals surface area contributed by atoms with Crippen LogP contribution in [0.3, 0.4) is 0 Å². The van der Waals surface area contributed by atoms with Gasteiger partial charge in [0, 0.05) is 17.3 Å². The van der Waals surface area contributed by atoms with E-state index in [1.54, 1.807) is 0 Å². The molecular weight excluding hydrogens is 251 g/mol. The molecule has 0 unspecified atom stereocenters. The third-order valence-corrected chi connectivity index (χ3v) is 2.72. The van der Waals surface area contributed by atoms with Crippen molar-refractivity contribution in [2.45, 2.75) is 0 Å². The molecule has 9 heavy (non-hydrogen) atoms. The minimum Gasteiger partial charge on any atom is -0.376 e. The van der Waals surface area contributed by atoms with Crippen molar-refractivity contribution >= 4 is 39.5 Å². The number of rotatable bonds is 4. The van der Waals surface area contributed by atoms with Crippen molar-refractivity contribution in [1.29, 1.82) is 0 Å². The Morgan fingerprint density at radius 3 is 2.89 bits per heavy atom. The highest BCUT2D eigenvalue weighted by Crippen LogP contribution is 2.02. The molecule has 0 spiro atoms. The van der Waals surface area contributed by atoms with Gasteiger partial charge in [-0.15, -0.1) is 0 Å². The number of carbonyl (C=O) groups is 1. The zero-order chi connectivity index (χ0) is 7.11. The summed E-state index contributed by atoms with van der Waals surface area (Å²) in [4.78, 5) is 10.6. The van der Waals surface area contributed by atoms with Crippen molar-refractivity contribution in [2.24, 2.45) is 0 Å². The highest BCUT2D eigenvalue weighted by Gasteiger charge is 1.98. The van der Waals surface area contributed by atoms with E-state index in [0.29, 0.717) is 0 Å². The summed E-state index contributed by atoms with van der Waals surface area (Å²) in [7, 11) is 1.53. The molecule has 0 aliphatic heterocycles. The lowest BCUT2D eigenvalue weighted by Gasteiger charge is -1.94. The van der Waals surface area contributed by atoms with Gasteiger partial charge in [-0.3, -0.25) is 4.79 Å². The summed E-state index contributed by atoms with van der Waals surface area (Å²) in [6.07, 6.45) is 0. The van der Waals surface area contributed by atoms with Gasteiger partial charge in [0.05, 0.1) is 0 Å². The molecule has 2 nitrogen and oxygen atoms in total. The summed E-state index contributed by atoms with van der Waals surface area (Å²) >= 11 is 3.56. The highest BCUT2D eigenvalue weighted by atomic mass is 127. The SMILES string of the molecule is COCC(=O)SCCI. The molecule has 0 aromatic heterocycles. The van der Waals surface area contributed by atoms with Crippen LogP contribution in [0.25, 0.3) is 0 Å². The molecule has 0 amide bonds. The Kier molecular flexibility index (Phi) is 7.36. The van der Waals surface area contributed by atoms with E-state index in [1.807, 2.05) is 0 Å². The van der Waals surface area contributed by atoms with Crippen LogP contribution in [0.1, 0.15) is 0 Å². The van der Waals surface area contributed by atoms with Crippen LogP contribution < -0.4 is 0 Å². The van der Waals surface area contributed by atoms with Gasteiger partial charge in [0.25, 0.3) is 0 Å². The summed E-state index contributed by atoms with van der Waals surface area (Å²) in [5.74, 6) is 0.892. The van der Waals surface area contributed by atoms with Gasteiger partial charge in [0.15, 0.2) is 0 Å². The smallest absolute Gasteiger partial charge is 0.214 e. The molecule has 0 aliphatic rings. The Labute approximate surface area is 72.9 Å². The fourth-order valence-electron chi connectivity index (χ4n) is 0.312. The third kappa shape index (κ3) is 6.60. The topological polar surface area (TPSA) is 26.3 Å². The second kappa shape index (κ2) is 6.82. The Hall–Kier alpha value is 0.710. The first-order valence-electron chi connectivity index (χ1n) is 2.51. The molecule has 0 heterocycles. The van der Waals surface area contributed by atoms with E-state index in [1.165, 1.54) is 18.9 Å². The average molecular weight is 260 g/mol. The second-order valence-corrected chi connectivity index (χ2v) is 3.57. The predicted octanol–water partition coefficient (Wildman–Crippen LogP) is 1.33. The molecule has 0 atom stereocenters. The van der Waals surface area contributed by atoms with Gasteiger partial charge in [0.2, 0.25) is 5.12 Å². The first kappa shape index (κ1) is 9.71. The molecule has 0 fully saturated rings. The van der Waals surface area contributed by atoms with Crippen molar-refractivity contribution in [3.05, 3.63) is 0 Å². The molecule has 0 N–H and O–H groups in total. The standard InChI is InChI=1S/C5H9IO2S/c1-8-4-5(7)9-3-2-6/h2-4H2,1H3. The van der Waals surface area contributed by atoms with E-state index in [2.05, 4.69) is 27.3 Å². The molecule has 0 rings (SSSR count). The van der Waals surface area contributed by atoms with Gasteiger partial charge < -0.3 is 4.74 Å². The van der Waals surface area contributed by atoms with E-state index < -0.39 is 0 Å². The second-order valence-electron chi connectivity index (χ2n) is 1.34. The molecule has 0 aromatic rings. The van der Waals surface area contributed by atoms with Gasteiger partial charge in [-0.1, -0.05) is 34.4 Å². The Balaban J connectivity index is 3.06. The maximum atomic E-state index is 10.6. The number of carbonyl (C=O) groups excluding carboxylic acids is 1. The number of hydrogen-bond acceptors (Lipinski definition) is 3. The number of alkyl halides is 1. The molecule has 0 bridgehead atoms. The third-order valence-electron chi connectivity index (χ3n) is 0.602. The average Bonchev–Trinajstić information content (AvgIpc) is 1.85. The van der Waals surface area contributed by atoms with Crippen LogP contribution >= 0.6 is 34.4 Å². The lowest BCUT2D eigenvalue weighted by Crippen LogP contribution is -2.02. The van der Waals surface area contributed by atoms with Crippen molar-refractivity contribution in [3.63, 3.8) is 0 Å². The van der Waals surface area contributed by atoms with Gasteiger partial charge in [0.1, 0.15) is 6.61 Å². The Bertz CT molecular complexity index is 87.0. The summed E-state index contributed by atoms with van der Waals surface area (Å²) in [6, 6.07) is 0. The molecule has 0 aromatic carbocycles. The summed E-state index contributed by atoms with van der Waals surface area (Å²) < 4.78 is 5.64. The van der Waals surface area contributed by atoms with Crippen molar-refractivity contribution in [3.8, 4) is 0 Å². The zero-order valence-corrected chi connectivity index (χ0v) is 8.20. The molecule has 0 radical (unpaired) electrons. The number of hydrogen-bond donors (Lipinski definition) is 0. The number of halogens is 1. The van der Waals surface area contributed by atoms with Crippen LogP contribution in [0, 0.1) is 0 Å². The highest BCUT2D eigenvalue weighted by molar-refractivity contribution is 14.1. The molecule has 54 valence electrons. The molecule has 0 aliphatic carbocycles. The number of thioether (sulfide) groups is 1. The van der Waals surface area contributed by atoms with E-state index >= 15 is 0 Å². The number of ether oxygens (including phenoxy) is 1. The van der Waals surface area contributed by atoms with E-state index in [-0.39, 0.29) is 11.7 Å². The first-order valence-corrected chi connectivity index (χ1v) is 5.03. The summed E-state index contributed by atoms with van der Waals surface area (Å²) in [6.45, 7) is 0.237. The monoisotopic (exact) mass is 260 g/mol. The summed E-state index contributed by atoms with van der Waals surface area (Å²) in [5, 5.41) is 0.120. The van der Waals surface area contributed by atoms with Crippen LogP contribution in [0.5, 0.6) is 0 Å². The minimum absolute atomic E-state index is 0.120. The fourth-order valence-corrected chi connectivity index (χ4v) is 1.48. The largest absolute Gasteiger partial charge is 0.376 e. The van der Waals surface area contributed by atoms with Crippen molar-refractivity contribution in [2.75, 3.05) is 23.9 Å². The maximum Gasteiger partial charge on any atom is 0.214 e. The molecule has 0 saturated carbocycles. The lowest BCUT2D eigenvalue weighted by atomic mass is 10.8. The fraction of sp³-hybridized carbons (Fsp3) is 0.800. The molecular formula is C5H9IO2S. The molecule has 0 saturated heterocycles. The quantitative estimate of drug-likeness (QED) is 0.563.